The van der Waals surface area contributed by atoms with Gasteiger partial charge in [-0.2, -0.15) is 0 Å². The minimum absolute atomic E-state index is 0.0454. The summed E-state index contributed by atoms with van der Waals surface area (Å²) in [6.45, 7) is 0.0498. The molecule has 0 bridgehead atoms. The standard InChI is InChI=1S/C24H25N3O4/c1-26(19-11-6-8-16-7-2-3-9-17(16)19)21(28)15-27-22(29)24(25-23(27)30)13-14-31-20-12-5-4-10-18(20)24/h2-5,7,9-10,12,19H,6,8,11,13-15H2,1H3,(H,25,30)/t19-,24+/m0/s1. The molecule has 4 amide bonds. The van der Waals surface area contributed by atoms with E-state index in [1.807, 2.05) is 24.3 Å². The number of benzene rings is 2. The molecular weight excluding hydrogens is 394 g/mol. The summed E-state index contributed by atoms with van der Waals surface area (Å²) in [6.07, 6.45) is 3.22. The number of hydrogen-bond donors (Lipinski definition) is 1. The van der Waals surface area contributed by atoms with Gasteiger partial charge in [-0.05, 0) is 36.5 Å². The van der Waals surface area contributed by atoms with E-state index in [-0.39, 0.29) is 24.4 Å². The summed E-state index contributed by atoms with van der Waals surface area (Å²) in [5, 5.41) is 2.85. The number of amides is 4. The number of para-hydroxylation sites is 1. The first kappa shape index (κ1) is 19.6. The van der Waals surface area contributed by atoms with Crippen molar-refractivity contribution in [2.45, 2.75) is 37.3 Å². The van der Waals surface area contributed by atoms with Crippen LogP contribution in [0.1, 0.15) is 42.0 Å². The molecule has 1 aliphatic carbocycles. The molecule has 31 heavy (non-hydrogen) atoms. The molecule has 160 valence electrons. The largest absolute Gasteiger partial charge is 0.493 e. The molecule has 2 aliphatic heterocycles. The maximum Gasteiger partial charge on any atom is 0.325 e. The van der Waals surface area contributed by atoms with Crippen LogP contribution in [0.5, 0.6) is 5.75 Å². The maximum atomic E-state index is 13.4. The molecule has 2 atom stereocenters. The van der Waals surface area contributed by atoms with Crippen molar-refractivity contribution in [3.05, 3.63) is 65.2 Å². The van der Waals surface area contributed by atoms with E-state index in [1.165, 1.54) is 5.56 Å². The zero-order chi connectivity index (χ0) is 21.6. The molecule has 2 aromatic carbocycles. The van der Waals surface area contributed by atoms with E-state index < -0.39 is 11.6 Å². The van der Waals surface area contributed by atoms with E-state index in [0.717, 1.165) is 29.7 Å². The van der Waals surface area contributed by atoms with Crippen molar-refractivity contribution in [1.82, 2.24) is 15.1 Å². The monoisotopic (exact) mass is 419 g/mol. The molecule has 0 radical (unpaired) electrons. The van der Waals surface area contributed by atoms with E-state index in [4.69, 9.17) is 4.74 Å². The van der Waals surface area contributed by atoms with Crippen LogP contribution >= 0.6 is 0 Å². The Balaban J connectivity index is 1.37. The third-order valence-electron chi connectivity index (χ3n) is 6.75. The lowest BCUT2D eigenvalue weighted by molar-refractivity contribution is -0.140. The molecule has 0 aromatic heterocycles. The van der Waals surface area contributed by atoms with Gasteiger partial charge in [0.15, 0.2) is 5.54 Å². The fourth-order valence-electron chi connectivity index (χ4n) is 5.07. The van der Waals surface area contributed by atoms with E-state index in [0.29, 0.717) is 24.3 Å². The molecule has 1 N–H and O–H groups in total. The third kappa shape index (κ3) is 3.07. The number of carbonyl (C=O) groups is 3. The zero-order valence-electron chi connectivity index (χ0n) is 17.5. The van der Waals surface area contributed by atoms with Crippen LogP contribution in [0.3, 0.4) is 0 Å². The number of ether oxygens (including phenoxy) is 1. The van der Waals surface area contributed by atoms with Crippen molar-refractivity contribution in [3.63, 3.8) is 0 Å². The van der Waals surface area contributed by atoms with Crippen LogP contribution in [0.25, 0.3) is 0 Å². The quantitative estimate of drug-likeness (QED) is 0.776. The molecule has 1 saturated heterocycles. The lowest BCUT2D eigenvalue weighted by Gasteiger charge is -2.34. The topological polar surface area (TPSA) is 79.0 Å². The first-order valence-corrected chi connectivity index (χ1v) is 10.7. The van der Waals surface area contributed by atoms with Gasteiger partial charge in [0.25, 0.3) is 5.91 Å². The highest BCUT2D eigenvalue weighted by Crippen LogP contribution is 2.41. The lowest BCUT2D eigenvalue weighted by Crippen LogP contribution is -2.48. The van der Waals surface area contributed by atoms with Gasteiger partial charge < -0.3 is 15.0 Å². The Bertz CT molecular complexity index is 1070. The van der Waals surface area contributed by atoms with Crippen molar-refractivity contribution >= 4 is 17.8 Å². The molecule has 2 aromatic rings. The minimum Gasteiger partial charge on any atom is -0.493 e. The number of carbonyl (C=O) groups excluding carboxylic acids is 3. The van der Waals surface area contributed by atoms with Gasteiger partial charge in [0.1, 0.15) is 12.3 Å². The van der Waals surface area contributed by atoms with Gasteiger partial charge in [-0.15, -0.1) is 0 Å². The first-order chi connectivity index (χ1) is 15.0. The number of hydrogen-bond acceptors (Lipinski definition) is 4. The molecule has 1 spiro atoms. The van der Waals surface area contributed by atoms with Gasteiger partial charge in [-0.1, -0.05) is 42.5 Å². The number of imide groups is 1. The number of fused-ring (bicyclic) bond motifs is 3. The number of urea groups is 1. The number of rotatable bonds is 3. The Hall–Kier alpha value is -3.35. The second-order valence-corrected chi connectivity index (χ2v) is 8.43. The molecule has 7 heteroatoms. The van der Waals surface area contributed by atoms with Crippen molar-refractivity contribution < 1.29 is 19.1 Å². The maximum absolute atomic E-state index is 13.4. The van der Waals surface area contributed by atoms with Gasteiger partial charge in [-0.3, -0.25) is 14.5 Å². The second kappa shape index (κ2) is 7.41. The number of nitrogens with one attached hydrogen (secondary N) is 1. The molecule has 2 heterocycles. The fraction of sp³-hybridized carbons (Fsp3) is 0.375. The van der Waals surface area contributed by atoms with E-state index in [9.17, 15) is 14.4 Å². The van der Waals surface area contributed by atoms with Crippen molar-refractivity contribution in [3.8, 4) is 5.75 Å². The smallest absolute Gasteiger partial charge is 0.325 e. The van der Waals surface area contributed by atoms with Crippen molar-refractivity contribution in [1.29, 1.82) is 0 Å². The molecule has 0 saturated carbocycles. The summed E-state index contributed by atoms with van der Waals surface area (Å²) in [5.41, 5.74) is 1.88. The van der Waals surface area contributed by atoms with Crippen molar-refractivity contribution in [2.75, 3.05) is 20.2 Å². The van der Waals surface area contributed by atoms with Crippen molar-refractivity contribution in [2.24, 2.45) is 0 Å². The SMILES string of the molecule is CN(C(=O)CN1C(=O)N[C@@]2(CCOc3ccccc32)C1=O)[C@H]1CCCc2ccccc21. The van der Waals surface area contributed by atoms with Crippen LogP contribution in [-0.4, -0.2) is 47.8 Å². The molecule has 5 rings (SSSR count). The Kier molecular flexibility index (Phi) is 4.68. The van der Waals surface area contributed by atoms with Gasteiger partial charge in [-0.25, -0.2) is 4.79 Å². The van der Waals surface area contributed by atoms with Crippen LogP contribution in [0.4, 0.5) is 4.79 Å². The molecule has 7 nitrogen and oxygen atoms in total. The number of nitrogens with zero attached hydrogens (tertiary/aromatic N) is 2. The third-order valence-corrected chi connectivity index (χ3v) is 6.75. The normalized spacial score (nSPS) is 24.3. The van der Waals surface area contributed by atoms with E-state index in [1.54, 1.807) is 24.1 Å². The van der Waals surface area contributed by atoms with E-state index in [2.05, 4.69) is 17.4 Å². The minimum atomic E-state index is -1.16. The molecule has 0 unspecified atom stereocenters. The average molecular weight is 419 g/mol. The average Bonchev–Trinajstić information content (AvgIpc) is 3.03. The number of likely N-dealkylation sites (N-methyl/N-ethyl adjacent to an activating group) is 1. The zero-order valence-corrected chi connectivity index (χ0v) is 17.5. The number of aryl methyl sites for hydroxylation is 1. The Morgan fingerprint density at radius 2 is 1.97 bits per heavy atom. The summed E-state index contributed by atoms with van der Waals surface area (Å²) in [6, 6.07) is 14.8. The van der Waals surface area contributed by atoms with Gasteiger partial charge in [0.05, 0.1) is 12.6 Å². The Morgan fingerprint density at radius 3 is 2.84 bits per heavy atom. The first-order valence-electron chi connectivity index (χ1n) is 10.7. The van der Waals surface area contributed by atoms with Crippen LogP contribution < -0.4 is 10.1 Å². The summed E-state index contributed by atoms with van der Waals surface area (Å²) < 4.78 is 5.66. The van der Waals surface area contributed by atoms with Crippen LogP contribution in [0.2, 0.25) is 0 Å². The fourth-order valence-corrected chi connectivity index (χ4v) is 5.07. The molecule has 3 aliphatic rings. The second-order valence-electron chi connectivity index (χ2n) is 8.43. The van der Waals surface area contributed by atoms with E-state index >= 15 is 0 Å². The lowest BCUT2D eigenvalue weighted by atomic mass is 9.84. The predicted molar refractivity (Wildman–Crippen MR) is 113 cm³/mol. The Labute approximate surface area is 181 Å². The summed E-state index contributed by atoms with van der Waals surface area (Å²) in [5.74, 6) is -0.0480. The Morgan fingerprint density at radius 1 is 1.19 bits per heavy atom. The molecular formula is C24H25N3O4. The summed E-state index contributed by atoms with van der Waals surface area (Å²) in [7, 11) is 1.76. The highest BCUT2D eigenvalue weighted by molar-refractivity contribution is 6.09. The van der Waals surface area contributed by atoms with Crippen LogP contribution in [0.15, 0.2) is 48.5 Å². The highest BCUT2D eigenvalue weighted by Gasteiger charge is 2.55. The van der Waals surface area contributed by atoms with Gasteiger partial charge in [0, 0.05) is 19.0 Å². The van der Waals surface area contributed by atoms with Gasteiger partial charge >= 0.3 is 6.03 Å². The summed E-state index contributed by atoms with van der Waals surface area (Å²) in [4.78, 5) is 42.1. The van der Waals surface area contributed by atoms with Crippen LogP contribution in [0, 0.1) is 0 Å². The molecule has 1 fully saturated rings. The predicted octanol–water partition coefficient (Wildman–Crippen LogP) is 2.75. The highest BCUT2D eigenvalue weighted by atomic mass is 16.5. The van der Waals surface area contributed by atoms with Crippen LogP contribution in [-0.2, 0) is 21.5 Å². The summed E-state index contributed by atoms with van der Waals surface area (Å²) >= 11 is 0. The van der Waals surface area contributed by atoms with Gasteiger partial charge in [0.2, 0.25) is 5.91 Å².